The van der Waals surface area contributed by atoms with Crippen LogP contribution in [-0.2, 0) is 9.53 Å². The quantitative estimate of drug-likeness (QED) is 0.773. The molecule has 1 unspecified atom stereocenters. The maximum Gasteiger partial charge on any atom is 0.255 e. The number of hydrogen-bond donors (Lipinski definition) is 2. The molecule has 2 aromatic heterocycles. The van der Waals surface area contributed by atoms with E-state index < -0.39 is 5.60 Å². The molecule has 0 saturated heterocycles. The van der Waals surface area contributed by atoms with Crippen molar-refractivity contribution in [3.05, 3.63) is 30.4 Å². The highest BCUT2D eigenvalue weighted by atomic mass is 16.5. The molecule has 2 aromatic rings. The van der Waals surface area contributed by atoms with Gasteiger partial charge < -0.3 is 15.4 Å². The predicted octanol–water partition coefficient (Wildman–Crippen LogP) is 1.17. The minimum Gasteiger partial charge on any atom is -0.368 e. The topological polar surface area (TPSA) is 97.6 Å². The molecule has 1 aliphatic rings. The van der Waals surface area contributed by atoms with Crippen LogP contribution in [0.1, 0.15) is 43.5 Å². The van der Waals surface area contributed by atoms with Crippen LogP contribution in [0.25, 0.3) is 5.52 Å². The zero-order valence-electron chi connectivity index (χ0n) is 15.4. The van der Waals surface area contributed by atoms with Crippen molar-refractivity contribution in [3.63, 3.8) is 0 Å². The summed E-state index contributed by atoms with van der Waals surface area (Å²) in [5.74, 6) is -0.184. The monoisotopic (exact) mass is 359 g/mol. The van der Waals surface area contributed by atoms with Crippen molar-refractivity contribution in [2.45, 2.75) is 44.8 Å². The molecule has 2 amide bonds. The van der Waals surface area contributed by atoms with Gasteiger partial charge in [-0.25, -0.2) is 4.52 Å². The number of carbonyl (C=O) groups excluding carboxylic acids is 2. The van der Waals surface area contributed by atoms with E-state index in [0.29, 0.717) is 17.6 Å². The molecule has 26 heavy (non-hydrogen) atoms. The number of amides is 2. The first kappa shape index (κ1) is 18.3. The van der Waals surface area contributed by atoms with Crippen LogP contribution >= 0.6 is 0 Å². The second-order valence-electron chi connectivity index (χ2n) is 7.05. The molecule has 140 valence electrons. The third kappa shape index (κ3) is 3.41. The maximum atomic E-state index is 12.7. The molecule has 2 heterocycles. The lowest BCUT2D eigenvalue weighted by molar-refractivity contribution is -0.154. The third-order valence-corrected chi connectivity index (χ3v) is 5.14. The molecule has 1 aliphatic carbocycles. The molecule has 1 fully saturated rings. The fourth-order valence-electron chi connectivity index (χ4n) is 3.09. The molecule has 8 nitrogen and oxygen atoms in total. The fourth-order valence-corrected chi connectivity index (χ4v) is 3.09. The lowest BCUT2D eigenvalue weighted by Crippen LogP contribution is -2.56. The zero-order valence-corrected chi connectivity index (χ0v) is 15.4. The van der Waals surface area contributed by atoms with Crippen LogP contribution in [0.5, 0.6) is 0 Å². The number of nitrogens with one attached hydrogen (secondary N) is 2. The average Bonchev–Trinajstić information content (AvgIpc) is 3.01. The van der Waals surface area contributed by atoms with Gasteiger partial charge in [-0.05, 0) is 25.2 Å². The van der Waals surface area contributed by atoms with E-state index in [1.807, 2.05) is 13.8 Å². The summed E-state index contributed by atoms with van der Waals surface area (Å²) in [6.07, 6.45) is 8.90. The number of nitrogens with zero attached hydrogens (tertiary/aromatic N) is 3. The summed E-state index contributed by atoms with van der Waals surface area (Å²) in [6, 6.07) is -0.202. The third-order valence-electron chi connectivity index (χ3n) is 5.14. The molecule has 1 saturated carbocycles. The fraction of sp³-hybridized carbons (Fsp3) is 0.556. The van der Waals surface area contributed by atoms with Gasteiger partial charge in [0.1, 0.15) is 5.60 Å². The number of rotatable bonds is 7. The van der Waals surface area contributed by atoms with E-state index in [1.165, 1.54) is 6.20 Å². The Morgan fingerprint density at radius 3 is 2.73 bits per heavy atom. The Hall–Kier alpha value is -2.48. The van der Waals surface area contributed by atoms with E-state index in [2.05, 4.69) is 20.7 Å². The summed E-state index contributed by atoms with van der Waals surface area (Å²) < 4.78 is 7.00. The Labute approximate surface area is 152 Å². The van der Waals surface area contributed by atoms with E-state index in [4.69, 9.17) is 4.74 Å². The smallest absolute Gasteiger partial charge is 0.255 e. The average molecular weight is 359 g/mol. The molecule has 8 heteroatoms. The Balaban J connectivity index is 1.65. The first-order valence-corrected chi connectivity index (χ1v) is 8.88. The summed E-state index contributed by atoms with van der Waals surface area (Å²) in [7, 11) is 1.57. The van der Waals surface area contributed by atoms with E-state index >= 15 is 0 Å². The van der Waals surface area contributed by atoms with Crippen molar-refractivity contribution in [3.8, 4) is 0 Å². The SMILES string of the molecule is COC1(C(=O)NCC(NC(=O)c2cnn3ccncc23)C(C)C)CCC1. The standard InChI is InChI=1S/C18H25N5O3/c1-12(2)14(10-20-17(25)18(26-3)5-4-6-18)22-16(24)13-9-21-23-8-7-19-11-15(13)23/h7-9,11-12,14H,4-6,10H2,1-3H3,(H,20,25)(H,22,24). The number of methoxy groups -OCH3 is 1. The Morgan fingerprint density at radius 2 is 2.12 bits per heavy atom. The summed E-state index contributed by atoms with van der Waals surface area (Å²) in [5, 5.41) is 10.1. The van der Waals surface area contributed by atoms with E-state index in [9.17, 15) is 9.59 Å². The second kappa shape index (κ2) is 7.41. The first-order chi connectivity index (χ1) is 12.5. The van der Waals surface area contributed by atoms with Crippen molar-refractivity contribution >= 4 is 17.3 Å². The highest BCUT2D eigenvalue weighted by molar-refractivity contribution is 6.00. The molecule has 0 aromatic carbocycles. The van der Waals surface area contributed by atoms with Gasteiger partial charge in [0.25, 0.3) is 11.8 Å². The van der Waals surface area contributed by atoms with Crippen LogP contribution in [0.3, 0.4) is 0 Å². The van der Waals surface area contributed by atoms with Crippen molar-refractivity contribution in [1.29, 1.82) is 0 Å². The van der Waals surface area contributed by atoms with E-state index in [0.717, 1.165) is 19.3 Å². The van der Waals surface area contributed by atoms with E-state index in [1.54, 1.807) is 30.2 Å². The highest BCUT2D eigenvalue weighted by Crippen LogP contribution is 2.35. The molecule has 0 spiro atoms. The number of aromatic nitrogens is 3. The Bertz CT molecular complexity index is 791. The maximum absolute atomic E-state index is 12.7. The molecule has 0 radical (unpaired) electrons. The van der Waals surface area contributed by atoms with Crippen molar-refractivity contribution in [2.75, 3.05) is 13.7 Å². The van der Waals surface area contributed by atoms with Crippen LogP contribution < -0.4 is 10.6 Å². The van der Waals surface area contributed by atoms with Crippen molar-refractivity contribution < 1.29 is 14.3 Å². The van der Waals surface area contributed by atoms with Gasteiger partial charge in [-0.2, -0.15) is 5.10 Å². The van der Waals surface area contributed by atoms with Gasteiger partial charge in [0.15, 0.2) is 0 Å². The minimum atomic E-state index is -0.695. The second-order valence-corrected chi connectivity index (χ2v) is 7.05. The molecule has 0 bridgehead atoms. The van der Waals surface area contributed by atoms with Gasteiger partial charge in [-0.15, -0.1) is 0 Å². The largest absolute Gasteiger partial charge is 0.368 e. The summed E-state index contributed by atoms with van der Waals surface area (Å²) >= 11 is 0. The number of hydrogen-bond acceptors (Lipinski definition) is 5. The van der Waals surface area contributed by atoms with Gasteiger partial charge in [0, 0.05) is 32.1 Å². The lowest BCUT2D eigenvalue weighted by atomic mass is 9.79. The van der Waals surface area contributed by atoms with Gasteiger partial charge >= 0.3 is 0 Å². The van der Waals surface area contributed by atoms with Crippen LogP contribution in [0.15, 0.2) is 24.8 Å². The first-order valence-electron chi connectivity index (χ1n) is 8.88. The Kier molecular flexibility index (Phi) is 5.22. The summed E-state index contributed by atoms with van der Waals surface area (Å²) in [6.45, 7) is 4.36. The molecule has 0 aliphatic heterocycles. The number of ether oxygens (including phenoxy) is 1. The highest BCUT2D eigenvalue weighted by Gasteiger charge is 2.44. The Morgan fingerprint density at radius 1 is 1.35 bits per heavy atom. The lowest BCUT2D eigenvalue weighted by Gasteiger charge is -2.39. The molecule has 1 atom stereocenters. The number of carbonyl (C=O) groups is 2. The van der Waals surface area contributed by atoms with Crippen molar-refractivity contribution in [1.82, 2.24) is 25.2 Å². The summed E-state index contributed by atoms with van der Waals surface area (Å²) in [4.78, 5) is 29.1. The molecular weight excluding hydrogens is 334 g/mol. The van der Waals surface area contributed by atoms with Gasteiger partial charge in [0.2, 0.25) is 0 Å². The molecule has 2 N–H and O–H groups in total. The van der Waals surface area contributed by atoms with Gasteiger partial charge in [-0.1, -0.05) is 13.8 Å². The van der Waals surface area contributed by atoms with Crippen molar-refractivity contribution in [2.24, 2.45) is 5.92 Å². The van der Waals surface area contributed by atoms with Gasteiger partial charge in [0.05, 0.1) is 23.5 Å². The van der Waals surface area contributed by atoms with Crippen LogP contribution in [0.4, 0.5) is 0 Å². The summed E-state index contributed by atoms with van der Waals surface area (Å²) in [5.41, 5.74) is 0.409. The van der Waals surface area contributed by atoms with E-state index in [-0.39, 0.29) is 23.8 Å². The zero-order chi connectivity index (χ0) is 18.7. The molecule has 3 rings (SSSR count). The van der Waals surface area contributed by atoms with Gasteiger partial charge in [-0.3, -0.25) is 14.6 Å². The van der Waals surface area contributed by atoms with Crippen LogP contribution in [-0.4, -0.2) is 51.7 Å². The molecular formula is C18H25N5O3. The van der Waals surface area contributed by atoms with Crippen LogP contribution in [0.2, 0.25) is 0 Å². The number of fused-ring (bicyclic) bond motifs is 1. The minimum absolute atomic E-state index is 0.105. The normalized spacial score (nSPS) is 16.9. The predicted molar refractivity (Wildman–Crippen MR) is 95.7 cm³/mol. The van der Waals surface area contributed by atoms with Crippen LogP contribution in [0, 0.1) is 5.92 Å².